The van der Waals surface area contributed by atoms with Crippen LogP contribution in [0.25, 0.3) is 0 Å². The molecule has 7 heteroatoms. The third-order valence-electron chi connectivity index (χ3n) is 6.23. The van der Waals surface area contributed by atoms with Crippen LogP contribution in [0.2, 0.25) is 0 Å². The quantitative estimate of drug-likeness (QED) is 0.878. The first-order valence-electron chi connectivity index (χ1n) is 9.97. The number of carbonyl (C=O) groups is 1. The van der Waals surface area contributed by atoms with Crippen molar-refractivity contribution in [3.05, 3.63) is 17.5 Å². The van der Waals surface area contributed by atoms with Crippen molar-refractivity contribution in [3.8, 4) is 0 Å². The van der Waals surface area contributed by atoms with Gasteiger partial charge in [-0.15, -0.1) is 0 Å². The second-order valence-corrected chi connectivity index (χ2v) is 7.88. The van der Waals surface area contributed by atoms with E-state index in [2.05, 4.69) is 10.00 Å². The highest BCUT2D eigenvalue weighted by Gasteiger charge is 2.47. The summed E-state index contributed by atoms with van der Waals surface area (Å²) in [4.78, 5) is 18.1. The molecule has 1 amide bonds. The number of rotatable bonds is 3. The van der Waals surface area contributed by atoms with Gasteiger partial charge in [0.15, 0.2) is 0 Å². The average Bonchev–Trinajstić information content (AvgIpc) is 3.12. The number of hydrogen-bond donors (Lipinski definition) is 1. The fourth-order valence-corrected chi connectivity index (χ4v) is 4.75. The van der Waals surface area contributed by atoms with Gasteiger partial charge in [0.2, 0.25) is 5.91 Å². The van der Waals surface area contributed by atoms with E-state index in [0.29, 0.717) is 25.3 Å². The van der Waals surface area contributed by atoms with Crippen molar-refractivity contribution >= 4 is 5.91 Å². The molecule has 1 saturated carbocycles. The van der Waals surface area contributed by atoms with Crippen molar-refractivity contribution in [3.63, 3.8) is 0 Å². The first kappa shape index (κ1) is 17.9. The molecule has 0 spiro atoms. The Morgan fingerprint density at radius 2 is 1.92 bits per heavy atom. The van der Waals surface area contributed by atoms with Crippen LogP contribution in [0.4, 0.5) is 0 Å². The number of aliphatic hydroxyl groups excluding tert-OH is 1. The Kier molecular flexibility index (Phi) is 5.03. The van der Waals surface area contributed by atoms with E-state index >= 15 is 0 Å². The molecule has 144 valence electrons. The number of fused-ring (bicyclic) bond motifs is 1. The highest BCUT2D eigenvalue weighted by atomic mass is 16.5. The smallest absolute Gasteiger partial charge is 0.243 e. The summed E-state index contributed by atoms with van der Waals surface area (Å²) in [7, 11) is 0. The third kappa shape index (κ3) is 3.17. The molecule has 3 heterocycles. The van der Waals surface area contributed by atoms with Crippen LogP contribution in [0.3, 0.4) is 0 Å². The molecule has 0 aromatic carbocycles. The minimum atomic E-state index is -0.574. The molecule has 2 fully saturated rings. The second-order valence-electron chi connectivity index (χ2n) is 7.88. The van der Waals surface area contributed by atoms with E-state index < -0.39 is 6.10 Å². The largest absolute Gasteiger partial charge is 0.387 e. The molecule has 7 nitrogen and oxygen atoms in total. The highest BCUT2D eigenvalue weighted by Crippen LogP contribution is 2.37. The molecule has 2 aliphatic heterocycles. The summed E-state index contributed by atoms with van der Waals surface area (Å²) in [6.07, 6.45) is 4.82. The van der Waals surface area contributed by atoms with Gasteiger partial charge in [0.1, 0.15) is 5.54 Å². The van der Waals surface area contributed by atoms with Crippen LogP contribution in [0, 0.1) is 0 Å². The van der Waals surface area contributed by atoms with Crippen LogP contribution >= 0.6 is 0 Å². The van der Waals surface area contributed by atoms with Crippen LogP contribution in [-0.2, 0) is 22.6 Å². The van der Waals surface area contributed by atoms with E-state index in [-0.39, 0.29) is 11.4 Å². The zero-order valence-corrected chi connectivity index (χ0v) is 15.7. The topological polar surface area (TPSA) is 70.8 Å². The zero-order chi connectivity index (χ0) is 18.1. The molecule has 1 aromatic rings. The summed E-state index contributed by atoms with van der Waals surface area (Å²) in [5, 5.41) is 14.3. The number of aliphatic hydroxyl groups is 1. The Morgan fingerprint density at radius 3 is 2.62 bits per heavy atom. The molecule has 1 aromatic heterocycles. The molecular formula is C19H30N4O3. The number of nitrogens with zero attached hydrogens (tertiary/aromatic N) is 4. The minimum absolute atomic E-state index is 0.283. The zero-order valence-electron chi connectivity index (χ0n) is 15.7. The van der Waals surface area contributed by atoms with Gasteiger partial charge in [0.05, 0.1) is 43.8 Å². The SMILES string of the molecule is CC(O)c1cc2n(n1)CCN(C(=O)C1(N3CCOCC3)CCCCC1)C2. The Morgan fingerprint density at radius 1 is 1.19 bits per heavy atom. The van der Waals surface area contributed by atoms with Crippen molar-refractivity contribution in [2.45, 2.75) is 63.8 Å². The minimum Gasteiger partial charge on any atom is -0.387 e. The van der Waals surface area contributed by atoms with Crippen LogP contribution in [0.1, 0.15) is 56.5 Å². The molecule has 1 saturated heterocycles. The first-order valence-corrected chi connectivity index (χ1v) is 9.97. The van der Waals surface area contributed by atoms with Crippen LogP contribution in [0.15, 0.2) is 6.07 Å². The molecule has 1 N–H and O–H groups in total. The van der Waals surface area contributed by atoms with Crippen molar-refractivity contribution in [1.29, 1.82) is 0 Å². The van der Waals surface area contributed by atoms with Crippen LogP contribution < -0.4 is 0 Å². The lowest BCUT2D eigenvalue weighted by Crippen LogP contribution is -2.63. The Bertz CT molecular complexity index is 645. The molecule has 4 rings (SSSR count). The lowest BCUT2D eigenvalue weighted by atomic mass is 9.78. The van der Waals surface area contributed by atoms with E-state index in [1.165, 1.54) is 6.42 Å². The second kappa shape index (κ2) is 7.29. The summed E-state index contributed by atoms with van der Waals surface area (Å²) in [6.45, 7) is 6.86. The number of ether oxygens (including phenoxy) is 1. The standard InChI is InChI=1S/C19H30N4O3/c1-15(24)17-13-16-14-21(7-8-23(16)20-17)18(25)19(5-3-2-4-6-19)22-9-11-26-12-10-22/h13,15,24H,2-12,14H2,1H3. The number of morpholine rings is 1. The fourth-order valence-electron chi connectivity index (χ4n) is 4.75. The van der Waals surface area contributed by atoms with Gasteiger partial charge in [-0.25, -0.2) is 0 Å². The van der Waals surface area contributed by atoms with Crippen LogP contribution in [0.5, 0.6) is 0 Å². The molecule has 1 atom stereocenters. The van der Waals surface area contributed by atoms with Gasteiger partial charge in [-0.2, -0.15) is 5.10 Å². The van der Waals surface area contributed by atoms with Crippen LogP contribution in [-0.4, -0.2) is 69.0 Å². The van der Waals surface area contributed by atoms with Gasteiger partial charge < -0.3 is 14.7 Å². The normalized spacial score (nSPS) is 24.9. The number of aromatic nitrogens is 2. The number of hydrogen-bond acceptors (Lipinski definition) is 5. The molecule has 26 heavy (non-hydrogen) atoms. The average molecular weight is 362 g/mol. The highest BCUT2D eigenvalue weighted by molar-refractivity contribution is 5.86. The molecule has 1 aliphatic carbocycles. The fraction of sp³-hybridized carbons (Fsp3) is 0.789. The van der Waals surface area contributed by atoms with Gasteiger partial charge in [0.25, 0.3) is 0 Å². The van der Waals surface area contributed by atoms with E-state index in [0.717, 1.165) is 57.7 Å². The summed E-state index contributed by atoms with van der Waals surface area (Å²) in [5.41, 5.74) is 1.36. The number of amides is 1. The first-order chi connectivity index (χ1) is 12.6. The van der Waals surface area contributed by atoms with Gasteiger partial charge in [0, 0.05) is 19.6 Å². The van der Waals surface area contributed by atoms with Gasteiger partial charge in [-0.3, -0.25) is 14.4 Å². The van der Waals surface area contributed by atoms with Crippen molar-refractivity contribution in [2.24, 2.45) is 0 Å². The van der Waals surface area contributed by atoms with Gasteiger partial charge in [-0.1, -0.05) is 19.3 Å². The lowest BCUT2D eigenvalue weighted by molar-refractivity contribution is -0.153. The van der Waals surface area contributed by atoms with Crippen molar-refractivity contribution in [1.82, 2.24) is 19.6 Å². The Balaban J connectivity index is 1.56. The van der Waals surface area contributed by atoms with E-state index in [1.54, 1.807) is 6.92 Å². The summed E-state index contributed by atoms with van der Waals surface area (Å²) in [6, 6.07) is 1.94. The summed E-state index contributed by atoms with van der Waals surface area (Å²) >= 11 is 0. The van der Waals surface area contributed by atoms with Gasteiger partial charge >= 0.3 is 0 Å². The monoisotopic (exact) mass is 362 g/mol. The molecule has 3 aliphatic rings. The predicted molar refractivity (Wildman–Crippen MR) is 96.5 cm³/mol. The Labute approximate surface area is 154 Å². The van der Waals surface area contributed by atoms with Gasteiger partial charge in [-0.05, 0) is 25.8 Å². The van der Waals surface area contributed by atoms with Crippen molar-refractivity contribution in [2.75, 3.05) is 32.8 Å². The molecule has 1 unspecified atom stereocenters. The van der Waals surface area contributed by atoms with E-state index in [1.807, 2.05) is 15.6 Å². The maximum Gasteiger partial charge on any atom is 0.243 e. The van der Waals surface area contributed by atoms with E-state index in [4.69, 9.17) is 4.74 Å². The number of carbonyl (C=O) groups excluding carboxylic acids is 1. The third-order valence-corrected chi connectivity index (χ3v) is 6.23. The maximum atomic E-state index is 13.7. The molecule has 0 radical (unpaired) electrons. The summed E-state index contributed by atoms with van der Waals surface area (Å²) < 4.78 is 7.47. The maximum absolute atomic E-state index is 13.7. The molecular weight excluding hydrogens is 332 g/mol. The summed E-state index contributed by atoms with van der Waals surface area (Å²) in [5.74, 6) is 0.283. The lowest BCUT2D eigenvalue weighted by Gasteiger charge is -2.49. The van der Waals surface area contributed by atoms with Crippen molar-refractivity contribution < 1.29 is 14.6 Å². The van der Waals surface area contributed by atoms with E-state index in [9.17, 15) is 9.90 Å². The Hall–Kier alpha value is -1.44. The molecule has 0 bridgehead atoms. The predicted octanol–water partition coefficient (Wildman–Crippen LogP) is 1.31.